The van der Waals surface area contributed by atoms with Gasteiger partial charge >= 0.3 is 0 Å². The first-order valence-corrected chi connectivity index (χ1v) is 15.2. The van der Waals surface area contributed by atoms with E-state index in [1.165, 1.54) is 16.7 Å². The molecule has 0 saturated heterocycles. The summed E-state index contributed by atoms with van der Waals surface area (Å²) in [4.78, 5) is 18.8. The highest BCUT2D eigenvalue weighted by molar-refractivity contribution is 7.12. The maximum atomic E-state index is 13.1. The molecule has 0 spiro atoms. The van der Waals surface area contributed by atoms with Gasteiger partial charge < -0.3 is 36.1 Å². The van der Waals surface area contributed by atoms with Crippen LogP contribution in [0.1, 0.15) is 78.3 Å². The predicted molar refractivity (Wildman–Crippen MR) is 171 cm³/mol. The molecule has 3 unspecified atom stereocenters. The number of carbonyl (C=O) groups is 1. The number of anilines is 2. The van der Waals surface area contributed by atoms with Crippen LogP contribution in [-0.2, 0) is 23.2 Å². The van der Waals surface area contributed by atoms with Crippen molar-refractivity contribution < 1.29 is 15.0 Å². The standard InChI is InChI=1S/C33H41N5O3S/c1-20(13-15-34)21-9-11-23(12-10-21)35-30-32(41)37(5)18-26(36-30)24-7-6-8-27(25(24)19-39)38-16-14-22-17-28(33(2,3)4)42-29(22)31(38)40/h6-12,15,17-18,20,30-31,34-36,39-40H,13-14,16,19H2,1-5H3. The average Bonchev–Trinajstić information content (AvgIpc) is 3.42. The molecule has 3 atom stereocenters. The molecule has 1 amide bonds. The number of nitrogens with one attached hydrogen (secondary N) is 3. The van der Waals surface area contributed by atoms with E-state index in [4.69, 9.17) is 5.41 Å². The summed E-state index contributed by atoms with van der Waals surface area (Å²) in [5.74, 6) is 0.120. The number of amides is 1. The van der Waals surface area contributed by atoms with Crippen LogP contribution in [0.5, 0.6) is 0 Å². The Balaban J connectivity index is 1.41. The summed E-state index contributed by atoms with van der Waals surface area (Å²) in [5.41, 5.74) is 6.09. The van der Waals surface area contributed by atoms with Crippen molar-refractivity contribution in [3.63, 3.8) is 0 Å². The van der Waals surface area contributed by atoms with Crippen LogP contribution in [-0.4, -0.2) is 47.0 Å². The van der Waals surface area contributed by atoms with Crippen molar-refractivity contribution in [3.8, 4) is 0 Å². The van der Waals surface area contributed by atoms with Gasteiger partial charge in [-0.05, 0) is 65.8 Å². The SMILES string of the molecule is CC(CC=N)c1ccc(NC2NC(c3cccc(N4CCc5cc(C(C)(C)C)sc5C4O)c3CO)=CN(C)C2=O)cc1. The number of hydrogen-bond acceptors (Lipinski definition) is 8. The Hall–Kier alpha value is -3.66. The number of fused-ring (bicyclic) bond motifs is 1. The second-order valence-corrected chi connectivity index (χ2v) is 13.3. The molecule has 0 radical (unpaired) electrons. The van der Waals surface area contributed by atoms with Gasteiger partial charge in [-0.15, -0.1) is 11.3 Å². The molecule has 9 heteroatoms. The lowest BCUT2D eigenvalue weighted by molar-refractivity contribution is -0.129. The second-order valence-electron chi connectivity index (χ2n) is 12.2. The molecule has 0 bridgehead atoms. The molecule has 3 aromatic rings. The van der Waals surface area contributed by atoms with Crippen LogP contribution in [0, 0.1) is 5.41 Å². The number of rotatable bonds is 8. The first-order chi connectivity index (χ1) is 20.0. The lowest BCUT2D eigenvalue weighted by atomic mass is 9.93. The Morgan fingerprint density at radius 2 is 1.95 bits per heavy atom. The van der Waals surface area contributed by atoms with Gasteiger partial charge in [-0.3, -0.25) is 4.79 Å². The molecule has 222 valence electrons. The maximum absolute atomic E-state index is 13.1. The Morgan fingerprint density at radius 3 is 2.62 bits per heavy atom. The number of aliphatic hydroxyl groups is 2. The van der Waals surface area contributed by atoms with E-state index in [9.17, 15) is 15.0 Å². The molecule has 0 saturated carbocycles. The molecular formula is C33H41N5O3S. The van der Waals surface area contributed by atoms with Gasteiger partial charge in [0.05, 0.1) is 17.2 Å². The highest BCUT2D eigenvalue weighted by Gasteiger charge is 2.33. The third-order valence-corrected chi connectivity index (χ3v) is 9.76. The number of benzene rings is 2. The number of aliphatic hydroxyl groups excluding tert-OH is 2. The monoisotopic (exact) mass is 587 g/mol. The zero-order valence-electron chi connectivity index (χ0n) is 24.9. The molecule has 3 heterocycles. The van der Waals surface area contributed by atoms with Gasteiger partial charge in [0, 0.05) is 47.2 Å². The van der Waals surface area contributed by atoms with E-state index in [0.29, 0.717) is 24.2 Å². The first-order valence-electron chi connectivity index (χ1n) is 14.4. The van der Waals surface area contributed by atoms with Gasteiger partial charge in [0.25, 0.3) is 5.91 Å². The number of thiophene rings is 1. The third kappa shape index (κ3) is 5.82. The highest BCUT2D eigenvalue weighted by Crippen LogP contribution is 2.42. The molecule has 2 aliphatic rings. The molecule has 5 N–H and O–H groups in total. The first kappa shape index (κ1) is 29.8. The van der Waals surface area contributed by atoms with E-state index in [-0.39, 0.29) is 23.8 Å². The van der Waals surface area contributed by atoms with Crippen LogP contribution in [0.4, 0.5) is 11.4 Å². The predicted octanol–water partition coefficient (Wildman–Crippen LogP) is 5.53. The zero-order valence-corrected chi connectivity index (χ0v) is 25.8. The summed E-state index contributed by atoms with van der Waals surface area (Å²) in [7, 11) is 1.72. The van der Waals surface area contributed by atoms with Crippen molar-refractivity contribution in [2.45, 2.75) is 70.9 Å². The molecule has 42 heavy (non-hydrogen) atoms. The summed E-state index contributed by atoms with van der Waals surface area (Å²) in [6, 6.07) is 16.0. The highest BCUT2D eigenvalue weighted by atomic mass is 32.1. The van der Waals surface area contributed by atoms with E-state index in [1.54, 1.807) is 29.5 Å². The van der Waals surface area contributed by atoms with E-state index in [2.05, 4.69) is 44.4 Å². The van der Waals surface area contributed by atoms with Crippen LogP contribution in [0.3, 0.4) is 0 Å². The van der Waals surface area contributed by atoms with Gasteiger partial charge in [0.1, 0.15) is 0 Å². The van der Waals surface area contributed by atoms with Crippen molar-refractivity contribution in [3.05, 3.63) is 86.7 Å². The summed E-state index contributed by atoms with van der Waals surface area (Å²) in [6.07, 6.45) is 3.17. The molecule has 0 aliphatic carbocycles. The summed E-state index contributed by atoms with van der Waals surface area (Å²) in [6.45, 7) is 9.06. The number of carbonyl (C=O) groups excluding carboxylic acids is 1. The lowest BCUT2D eigenvalue weighted by Gasteiger charge is -2.36. The Kier molecular flexibility index (Phi) is 8.46. The van der Waals surface area contributed by atoms with Gasteiger partial charge in [-0.25, -0.2) is 0 Å². The summed E-state index contributed by atoms with van der Waals surface area (Å²) in [5, 5.41) is 36.1. The van der Waals surface area contributed by atoms with E-state index >= 15 is 0 Å². The van der Waals surface area contributed by atoms with E-state index in [1.807, 2.05) is 47.4 Å². The Labute approximate surface area is 252 Å². The molecule has 0 fully saturated rings. The zero-order chi connectivity index (χ0) is 30.2. The fraction of sp³-hybridized carbons (Fsp3) is 0.394. The lowest BCUT2D eigenvalue weighted by Crippen LogP contribution is -2.51. The number of hydrogen-bond donors (Lipinski definition) is 5. The minimum absolute atomic E-state index is 0.0112. The van der Waals surface area contributed by atoms with Crippen LogP contribution >= 0.6 is 11.3 Å². The fourth-order valence-electron chi connectivity index (χ4n) is 5.59. The third-order valence-electron chi connectivity index (χ3n) is 8.12. The van der Waals surface area contributed by atoms with Crippen molar-refractivity contribution in [1.82, 2.24) is 10.2 Å². The summed E-state index contributed by atoms with van der Waals surface area (Å²) < 4.78 is 0. The van der Waals surface area contributed by atoms with Crippen LogP contribution < -0.4 is 15.5 Å². The maximum Gasteiger partial charge on any atom is 0.269 e. The van der Waals surface area contributed by atoms with E-state index in [0.717, 1.165) is 33.8 Å². The van der Waals surface area contributed by atoms with Gasteiger partial charge in [0.2, 0.25) is 0 Å². The second kappa shape index (κ2) is 11.9. The quantitative estimate of drug-likeness (QED) is 0.222. The number of nitrogens with zero attached hydrogens (tertiary/aromatic N) is 2. The van der Waals surface area contributed by atoms with Crippen LogP contribution in [0.15, 0.2) is 54.7 Å². The normalized spacial score (nSPS) is 19.6. The van der Waals surface area contributed by atoms with Crippen molar-refractivity contribution in [2.75, 3.05) is 23.8 Å². The Morgan fingerprint density at radius 1 is 1.21 bits per heavy atom. The number of likely N-dealkylation sites (N-methyl/N-ethyl adjacent to an activating group) is 1. The molecule has 1 aromatic heterocycles. The fourth-order valence-corrected chi connectivity index (χ4v) is 6.86. The average molecular weight is 588 g/mol. The summed E-state index contributed by atoms with van der Waals surface area (Å²) >= 11 is 1.66. The largest absolute Gasteiger partial charge is 0.392 e. The molecule has 8 nitrogen and oxygen atoms in total. The van der Waals surface area contributed by atoms with Crippen molar-refractivity contribution in [1.29, 1.82) is 5.41 Å². The van der Waals surface area contributed by atoms with Crippen molar-refractivity contribution >= 4 is 40.5 Å². The Bertz CT molecular complexity index is 1490. The van der Waals surface area contributed by atoms with Gasteiger partial charge in [-0.2, -0.15) is 0 Å². The van der Waals surface area contributed by atoms with Crippen LogP contribution in [0.25, 0.3) is 5.70 Å². The minimum Gasteiger partial charge on any atom is -0.392 e. The molecule has 2 aromatic carbocycles. The molecule has 5 rings (SSSR count). The molecule has 2 aliphatic heterocycles. The smallest absolute Gasteiger partial charge is 0.269 e. The van der Waals surface area contributed by atoms with E-state index < -0.39 is 12.4 Å². The van der Waals surface area contributed by atoms with Gasteiger partial charge in [0.15, 0.2) is 12.4 Å². The van der Waals surface area contributed by atoms with Crippen LogP contribution in [0.2, 0.25) is 0 Å². The van der Waals surface area contributed by atoms with Gasteiger partial charge in [-0.1, -0.05) is 52.0 Å². The van der Waals surface area contributed by atoms with Crippen molar-refractivity contribution in [2.24, 2.45) is 0 Å². The minimum atomic E-state index is -0.799. The topological polar surface area (TPSA) is 112 Å². The molecular weight excluding hydrogens is 546 g/mol.